The van der Waals surface area contributed by atoms with Crippen molar-refractivity contribution in [3.05, 3.63) is 22.2 Å². The van der Waals surface area contributed by atoms with Crippen LogP contribution < -0.4 is 9.47 Å². The first-order chi connectivity index (χ1) is 9.13. The second kappa shape index (κ2) is 8.40. The average Bonchev–Trinajstić information content (AvgIpc) is 2.40. The lowest BCUT2D eigenvalue weighted by Crippen LogP contribution is -2.41. The quantitative estimate of drug-likeness (QED) is 0.737. The molecule has 2 rings (SSSR count). The molecular weight excluding hydrogens is 344 g/mol. The minimum atomic E-state index is -0.0205. The molecular formula is C13H17Cl4NO2. The fourth-order valence-corrected chi connectivity index (χ4v) is 2.53. The molecule has 114 valence electrons. The van der Waals surface area contributed by atoms with Gasteiger partial charge >= 0.3 is 0 Å². The van der Waals surface area contributed by atoms with Gasteiger partial charge in [0.05, 0.1) is 10.0 Å². The zero-order chi connectivity index (χ0) is 13.8. The van der Waals surface area contributed by atoms with Gasteiger partial charge in [-0.05, 0) is 6.54 Å². The summed E-state index contributed by atoms with van der Waals surface area (Å²) in [6, 6.07) is 3.38. The molecule has 7 heteroatoms. The summed E-state index contributed by atoms with van der Waals surface area (Å²) >= 11 is 17.7. The van der Waals surface area contributed by atoms with E-state index in [1.54, 1.807) is 12.1 Å². The smallest absolute Gasteiger partial charge is 0.163 e. The van der Waals surface area contributed by atoms with Gasteiger partial charge in [-0.15, -0.1) is 24.0 Å². The van der Waals surface area contributed by atoms with E-state index in [2.05, 4.69) is 11.8 Å². The van der Waals surface area contributed by atoms with E-state index >= 15 is 0 Å². The summed E-state index contributed by atoms with van der Waals surface area (Å²) in [6.07, 6.45) is -0.0205. The lowest BCUT2D eigenvalue weighted by molar-refractivity contribution is 0.0617. The van der Waals surface area contributed by atoms with Crippen molar-refractivity contribution in [1.82, 2.24) is 4.90 Å². The molecule has 0 fully saturated rings. The predicted molar refractivity (Wildman–Crippen MR) is 86.5 cm³/mol. The van der Waals surface area contributed by atoms with Crippen LogP contribution in [-0.4, -0.2) is 43.1 Å². The third-order valence-electron chi connectivity index (χ3n) is 3.01. The number of hydrogen-bond acceptors (Lipinski definition) is 3. The molecule has 0 amide bonds. The van der Waals surface area contributed by atoms with E-state index in [1.807, 2.05) is 0 Å². The highest BCUT2D eigenvalue weighted by Crippen LogP contribution is 2.38. The first kappa shape index (κ1) is 18.0. The number of nitrogens with zero attached hydrogens (tertiary/aromatic N) is 1. The second-order valence-corrected chi connectivity index (χ2v) is 5.54. The largest absolute Gasteiger partial charge is 0.486 e. The Morgan fingerprint density at radius 2 is 1.90 bits per heavy atom. The standard InChI is InChI=1S/C13H16Cl3NO2.ClH/c1-2-17(4-3-14)7-9-8-18-12-5-10(15)11(16)6-13(12)19-9;/h5-6,9H,2-4,7-8H2,1H3;1H. The maximum Gasteiger partial charge on any atom is 0.163 e. The van der Waals surface area contributed by atoms with Gasteiger partial charge in [0, 0.05) is 31.1 Å². The molecule has 1 heterocycles. The van der Waals surface area contributed by atoms with Crippen LogP contribution in [0.5, 0.6) is 11.5 Å². The summed E-state index contributed by atoms with van der Waals surface area (Å²) in [6.45, 7) is 5.15. The minimum absolute atomic E-state index is 0. The van der Waals surface area contributed by atoms with Crippen molar-refractivity contribution >= 4 is 47.2 Å². The fraction of sp³-hybridized carbons (Fsp3) is 0.538. The summed E-state index contributed by atoms with van der Waals surface area (Å²) < 4.78 is 11.6. The highest BCUT2D eigenvalue weighted by atomic mass is 35.5. The van der Waals surface area contributed by atoms with E-state index in [-0.39, 0.29) is 18.5 Å². The molecule has 1 aromatic rings. The number of ether oxygens (including phenoxy) is 2. The maximum atomic E-state index is 5.98. The van der Waals surface area contributed by atoms with E-state index in [0.717, 1.165) is 19.6 Å². The number of likely N-dealkylation sites (N-methyl/N-ethyl adjacent to an activating group) is 1. The molecule has 0 radical (unpaired) electrons. The van der Waals surface area contributed by atoms with E-state index in [0.29, 0.717) is 34.0 Å². The lowest BCUT2D eigenvalue weighted by atomic mass is 10.2. The Labute approximate surface area is 140 Å². The van der Waals surface area contributed by atoms with Crippen LogP contribution in [0.2, 0.25) is 10.0 Å². The highest BCUT2D eigenvalue weighted by molar-refractivity contribution is 6.42. The SMILES string of the molecule is CCN(CCCl)CC1COc2cc(Cl)c(Cl)cc2O1.Cl. The number of fused-ring (bicyclic) bond motifs is 1. The number of alkyl halides is 1. The molecule has 0 aliphatic carbocycles. The zero-order valence-electron chi connectivity index (χ0n) is 11.1. The molecule has 0 bridgehead atoms. The van der Waals surface area contributed by atoms with Crippen LogP contribution in [0.15, 0.2) is 12.1 Å². The second-order valence-electron chi connectivity index (χ2n) is 4.35. The fourth-order valence-electron chi connectivity index (χ4n) is 1.99. The minimum Gasteiger partial charge on any atom is -0.486 e. The first-order valence-corrected chi connectivity index (χ1v) is 7.50. The van der Waals surface area contributed by atoms with Gasteiger partial charge in [-0.1, -0.05) is 30.1 Å². The van der Waals surface area contributed by atoms with Crippen molar-refractivity contribution in [2.45, 2.75) is 13.0 Å². The van der Waals surface area contributed by atoms with Crippen molar-refractivity contribution in [3.8, 4) is 11.5 Å². The zero-order valence-corrected chi connectivity index (χ0v) is 14.2. The van der Waals surface area contributed by atoms with Gasteiger partial charge in [-0.2, -0.15) is 0 Å². The van der Waals surface area contributed by atoms with Gasteiger partial charge in [0.15, 0.2) is 11.5 Å². The van der Waals surface area contributed by atoms with Crippen LogP contribution in [0.25, 0.3) is 0 Å². The molecule has 1 aliphatic heterocycles. The van der Waals surface area contributed by atoms with E-state index in [4.69, 9.17) is 44.3 Å². The Balaban J connectivity index is 0.00000200. The van der Waals surface area contributed by atoms with E-state index in [9.17, 15) is 0 Å². The molecule has 1 aromatic carbocycles. The van der Waals surface area contributed by atoms with Crippen LogP contribution in [0, 0.1) is 0 Å². The Morgan fingerprint density at radius 3 is 2.50 bits per heavy atom. The summed E-state index contributed by atoms with van der Waals surface area (Å²) in [4.78, 5) is 2.23. The van der Waals surface area contributed by atoms with Gasteiger partial charge < -0.3 is 9.47 Å². The third-order valence-corrected chi connectivity index (χ3v) is 3.91. The van der Waals surface area contributed by atoms with Crippen LogP contribution in [0.1, 0.15) is 6.92 Å². The monoisotopic (exact) mass is 359 g/mol. The summed E-state index contributed by atoms with van der Waals surface area (Å²) in [7, 11) is 0. The molecule has 1 unspecified atom stereocenters. The van der Waals surface area contributed by atoms with Crippen molar-refractivity contribution < 1.29 is 9.47 Å². The van der Waals surface area contributed by atoms with Gasteiger partial charge in [0.25, 0.3) is 0 Å². The van der Waals surface area contributed by atoms with Crippen molar-refractivity contribution in [3.63, 3.8) is 0 Å². The predicted octanol–water partition coefficient (Wildman–Crippen LogP) is 4.12. The van der Waals surface area contributed by atoms with Crippen molar-refractivity contribution in [2.24, 2.45) is 0 Å². The molecule has 0 spiro atoms. The average molecular weight is 361 g/mol. The number of hydrogen-bond donors (Lipinski definition) is 0. The Morgan fingerprint density at radius 1 is 1.25 bits per heavy atom. The lowest BCUT2D eigenvalue weighted by Gasteiger charge is -2.30. The van der Waals surface area contributed by atoms with Gasteiger partial charge in [0.1, 0.15) is 12.7 Å². The normalized spacial score (nSPS) is 16.9. The number of halogens is 4. The number of rotatable bonds is 5. The van der Waals surface area contributed by atoms with E-state index in [1.165, 1.54) is 0 Å². The van der Waals surface area contributed by atoms with Gasteiger partial charge in [-0.3, -0.25) is 4.90 Å². The molecule has 0 saturated heterocycles. The Hall–Kier alpha value is -0.0600. The maximum absolute atomic E-state index is 5.98. The Kier molecular flexibility index (Phi) is 7.56. The third kappa shape index (κ3) is 4.47. The van der Waals surface area contributed by atoms with Crippen LogP contribution in [0.3, 0.4) is 0 Å². The van der Waals surface area contributed by atoms with Crippen LogP contribution in [-0.2, 0) is 0 Å². The van der Waals surface area contributed by atoms with E-state index < -0.39 is 0 Å². The van der Waals surface area contributed by atoms with Crippen molar-refractivity contribution in [1.29, 1.82) is 0 Å². The van der Waals surface area contributed by atoms with Crippen LogP contribution in [0.4, 0.5) is 0 Å². The summed E-state index contributed by atoms with van der Waals surface area (Å²) in [5.74, 6) is 1.90. The molecule has 0 aromatic heterocycles. The number of benzene rings is 1. The summed E-state index contributed by atoms with van der Waals surface area (Å²) in [5.41, 5.74) is 0. The molecule has 20 heavy (non-hydrogen) atoms. The highest BCUT2D eigenvalue weighted by Gasteiger charge is 2.24. The molecule has 1 aliphatic rings. The Bertz CT molecular complexity index is 445. The molecule has 0 N–H and O–H groups in total. The van der Waals surface area contributed by atoms with Crippen molar-refractivity contribution in [2.75, 3.05) is 32.1 Å². The first-order valence-electron chi connectivity index (χ1n) is 6.20. The molecule has 1 atom stereocenters. The molecule has 3 nitrogen and oxygen atoms in total. The molecule has 0 saturated carbocycles. The topological polar surface area (TPSA) is 21.7 Å². The van der Waals surface area contributed by atoms with Gasteiger partial charge in [-0.25, -0.2) is 0 Å². The van der Waals surface area contributed by atoms with Gasteiger partial charge in [0.2, 0.25) is 0 Å². The summed E-state index contributed by atoms with van der Waals surface area (Å²) in [5, 5.41) is 0.942. The van der Waals surface area contributed by atoms with Crippen LogP contribution >= 0.6 is 47.2 Å².